The number of aliphatic hydroxyl groups is 1. The summed E-state index contributed by atoms with van der Waals surface area (Å²) in [6.45, 7) is 3.50. The standard InChI is InChI=1S/C11H25N3O/c1-12-10(9-15)8-14-6-4-11(5-7-14)13(2)3/h10-12,15H,4-9H2,1-3H3. The van der Waals surface area contributed by atoms with Crippen molar-refractivity contribution in [2.24, 2.45) is 0 Å². The summed E-state index contributed by atoms with van der Waals surface area (Å²) in [7, 11) is 6.22. The molecule has 15 heavy (non-hydrogen) atoms. The zero-order valence-electron chi connectivity index (χ0n) is 10.2. The Morgan fingerprint density at radius 3 is 2.40 bits per heavy atom. The van der Waals surface area contributed by atoms with E-state index in [2.05, 4.69) is 29.2 Å². The Balaban J connectivity index is 2.25. The maximum Gasteiger partial charge on any atom is 0.0597 e. The van der Waals surface area contributed by atoms with Gasteiger partial charge in [0.2, 0.25) is 0 Å². The smallest absolute Gasteiger partial charge is 0.0597 e. The SMILES string of the molecule is CNC(CO)CN1CCC(N(C)C)CC1. The Labute approximate surface area is 93.2 Å². The van der Waals surface area contributed by atoms with E-state index in [1.807, 2.05) is 7.05 Å². The number of likely N-dealkylation sites (tertiary alicyclic amines) is 1. The van der Waals surface area contributed by atoms with Crippen LogP contribution in [0, 0.1) is 0 Å². The minimum absolute atomic E-state index is 0.223. The van der Waals surface area contributed by atoms with Crippen LogP contribution in [0.25, 0.3) is 0 Å². The molecular formula is C11H25N3O. The molecule has 4 heteroatoms. The molecule has 1 atom stereocenters. The van der Waals surface area contributed by atoms with Gasteiger partial charge in [0.1, 0.15) is 0 Å². The van der Waals surface area contributed by atoms with E-state index in [0.29, 0.717) is 0 Å². The molecule has 0 saturated carbocycles. The van der Waals surface area contributed by atoms with Gasteiger partial charge < -0.3 is 20.2 Å². The second kappa shape index (κ2) is 6.43. The van der Waals surface area contributed by atoms with E-state index in [9.17, 15) is 0 Å². The molecule has 1 fully saturated rings. The minimum atomic E-state index is 0.223. The molecule has 1 aliphatic rings. The zero-order valence-corrected chi connectivity index (χ0v) is 10.2. The van der Waals surface area contributed by atoms with Gasteiger partial charge >= 0.3 is 0 Å². The summed E-state index contributed by atoms with van der Waals surface area (Å²) in [4.78, 5) is 4.76. The Hall–Kier alpha value is -0.160. The Kier molecular flexibility index (Phi) is 5.53. The van der Waals surface area contributed by atoms with Crippen molar-refractivity contribution >= 4 is 0 Å². The summed E-state index contributed by atoms with van der Waals surface area (Å²) in [5.41, 5.74) is 0. The van der Waals surface area contributed by atoms with Crippen LogP contribution in [-0.2, 0) is 0 Å². The van der Waals surface area contributed by atoms with Crippen LogP contribution in [0.15, 0.2) is 0 Å². The van der Waals surface area contributed by atoms with Gasteiger partial charge in [-0.3, -0.25) is 0 Å². The number of likely N-dealkylation sites (N-methyl/N-ethyl adjacent to an activating group) is 1. The summed E-state index contributed by atoms with van der Waals surface area (Å²) < 4.78 is 0. The van der Waals surface area contributed by atoms with Crippen LogP contribution in [0.3, 0.4) is 0 Å². The average Bonchev–Trinajstić information content (AvgIpc) is 2.26. The first-order valence-corrected chi connectivity index (χ1v) is 5.84. The van der Waals surface area contributed by atoms with Crippen molar-refractivity contribution in [1.29, 1.82) is 0 Å². The zero-order chi connectivity index (χ0) is 11.3. The van der Waals surface area contributed by atoms with Gasteiger partial charge in [0.05, 0.1) is 6.61 Å². The van der Waals surface area contributed by atoms with Gasteiger partial charge in [-0.05, 0) is 47.1 Å². The van der Waals surface area contributed by atoms with Crippen molar-refractivity contribution in [2.75, 3.05) is 47.4 Å². The molecule has 0 aromatic carbocycles. The van der Waals surface area contributed by atoms with Crippen molar-refractivity contribution in [3.05, 3.63) is 0 Å². The van der Waals surface area contributed by atoms with E-state index in [-0.39, 0.29) is 12.6 Å². The number of nitrogens with zero attached hydrogens (tertiary/aromatic N) is 2. The lowest BCUT2D eigenvalue weighted by Crippen LogP contribution is -2.47. The molecule has 1 rings (SSSR count). The predicted octanol–water partition coefficient (Wildman–Crippen LogP) is -0.407. The van der Waals surface area contributed by atoms with Gasteiger partial charge in [-0.25, -0.2) is 0 Å². The number of nitrogens with one attached hydrogen (secondary N) is 1. The van der Waals surface area contributed by atoms with Crippen LogP contribution in [0.2, 0.25) is 0 Å². The molecule has 0 spiro atoms. The molecule has 4 nitrogen and oxygen atoms in total. The average molecular weight is 215 g/mol. The molecule has 0 amide bonds. The highest BCUT2D eigenvalue weighted by Gasteiger charge is 2.21. The normalized spacial score (nSPS) is 22.2. The third-order valence-electron chi connectivity index (χ3n) is 3.39. The molecule has 0 aromatic rings. The van der Waals surface area contributed by atoms with Crippen molar-refractivity contribution < 1.29 is 5.11 Å². The fraction of sp³-hybridized carbons (Fsp3) is 1.00. The number of hydrogen-bond acceptors (Lipinski definition) is 4. The van der Waals surface area contributed by atoms with Crippen LogP contribution in [0.4, 0.5) is 0 Å². The summed E-state index contributed by atoms with van der Waals surface area (Å²) in [5, 5.41) is 12.2. The number of piperidine rings is 1. The fourth-order valence-corrected chi connectivity index (χ4v) is 2.17. The highest BCUT2D eigenvalue weighted by atomic mass is 16.3. The first-order chi connectivity index (χ1) is 7.17. The first kappa shape index (κ1) is 12.9. The second-order valence-electron chi connectivity index (χ2n) is 4.66. The van der Waals surface area contributed by atoms with E-state index in [4.69, 9.17) is 5.11 Å². The molecular weight excluding hydrogens is 190 g/mol. The lowest BCUT2D eigenvalue weighted by atomic mass is 10.0. The molecule has 0 radical (unpaired) electrons. The fourth-order valence-electron chi connectivity index (χ4n) is 2.17. The van der Waals surface area contributed by atoms with Crippen LogP contribution >= 0.6 is 0 Å². The molecule has 0 bridgehead atoms. The van der Waals surface area contributed by atoms with Gasteiger partial charge in [0.15, 0.2) is 0 Å². The van der Waals surface area contributed by atoms with Crippen LogP contribution in [0.1, 0.15) is 12.8 Å². The van der Waals surface area contributed by atoms with E-state index in [1.54, 1.807) is 0 Å². The predicted molar refractivity (Wildman–Crippen MR) is 63.1 cm³/mol. The van der Waals surface area contributed by atoms with E-state index < -0.39 is 0 Å². The topological polar surface area (TPSA) is 38.7 Å². The van der Waals surface area contributed by atoms with Crippen molar-refractivity contribution in [3.8, 4) is 0 Å². The Morgan fingerprint density at radius 2 is 2.00 bits per heavy atom. The maximum atomic E-state index is 9.10. The van der Waals surface area contributed by atoms with Gasteiger partial charge in [-0.2, -0.15) is 0 Å². The number of aliphatic hydroxyl groups excluding tert-OH is 1. The van der Waals surface area contributed by atoms with E-state index in [0.717, 1.165) is 25.7 Å². The van der Waals surface area contributed by atoms with Crippen molar-refractivity contribution in [3.63, 3.8) is 0 Å². The Morgan fingerprint density at radius 1 is 1.40 bits per heavy atom. The lowest BCUT2D eigenvalue weighted by Gasteiger charge is -2.36. The second-order valence-corrected chi connectivity index (χ2v) is 4.66. The molecule has 1 unspecified atom stereocenters. The largest absolute Gasteiger partial charge is 0.395 e. The minimum Gasteiger partial charge on any atom is -0.395 e. The first-order valence-electron chi connectivity index (χ1n) is 5.84. The molecule has 2 N–H and O–H groups in total. The van der Waals surface area contributed by atoms with E-state index >= 15 is 0 Å². The number of rotatable bonds is 5. The summed E-state index contributed by atoms with van der Waals surface area (Å²) in [5.74, 6) is 0. The quantitative estimate of drug-likeness (QED) is 0.654. The molecule has 1 aliphatic heterocycles. The molecule has 0 aromatic heterocycles. The molecule has 1 heterocycles. The van der Waals surface area contributed by atoms with Crippen LogP contribution in [-0.4, -0.2) is 74.4 Å². The summed E-state index contributed by atoms with van der Waals surface area (Å²) >= 11 is 0. The highest BCUT2D eigenvalue weighted by molar-refractivity contribution is 4.79. The van der Waals surface area contributed by atoms with Gasteiger partial charge in [0.25, 0.3) is 0 Å². The van der Waals surface area contributed by atoms with Gasteiger partial charge in [-0.15, -0.1) is 0 Å². The van der Waals surface area contributed by atoms with Crippen molar-refractivity contribution in [2.45, 2.75) is 24.9 Å². The van der Waals surface area contributed by atoms with Crippen LogP contribution < -0.4 is 5.32 Å². The molecule has 0 aliphatic carbocycles. The maximum absolute atomic E-state index is 9.10. The molecule has 1 saturated heterocycles. The third-order valence-corrected chi connectivity index (χ3v) is 3.39. The monoisotopic (exact) mass is 215 g/mol. The van der Waals surface area contributed by atoms with Crippen LogP contribution in [0.5, 0.6) is 0 Å². The lowest BCUT2D eigenvalue weighted by molar-refractivity contribution is 0.122. The van der Waals surface area contributed by atoms with E-state index in [1.165, 1.54) is 12.8 Å². The molecule has 90 valence electrons. The van der Waals surface area contributed by atoms with Gasteiger partial charge in [-0.1, -0.05) is 0 Å². The summed E-state index contributed by atoms with van der Waals surface area (Å²) in [6.07, 6.45) is 2.49. The highest BCUT2D eigenvalue weighted by Crippen LogP contribution is 2.14. The Bertz CT molecular complexity index is 163. The summed E-state index contributed by atoms with van der Waals surface area (Å²) in [6, 6.07) is 0.962. The number of hydrogen-bond donors (Lipinski definition) is 2. The third kappa shape index (κ3) is 4.07. The van der Waals surface area contributed by atoms with Gasteiger partial charge in [0, 0.05) is 18.6 Å². The van der Waals surface area contributed by atoms with Crippen molar-refractivity contribution in [1.82, 2.24) is 15.1 Å².